The minimum atomic E-state index is -4.42. The Bertz CT molecular complexity index is 1710. The van der Waals surface area contributed by atoms with Crippen molar-refractivity contribution < 1.29 is 13.2 Å². The third-order valence-corrected chi connectivity index (χ3v) is 6.07. The Balaban J connectivity index is 1.34. The lowest BCUT2D eigenvalue weighted by Crippen LogP contribution is -2.09. The number of imidazole rings is 2. The van der Waals surface area contributed by atoms with Crippen LogP contribution in [0.3, 0.4) is 0 Å². The molecule has 8 nitrogen and oxygen atoms in total. The molecular weight excluding hydrogens is 505 g/mol. The fraction of sp³-hybridized carbons (Fsp3) is 0.0714. The summed E-state index contributed by atoms with van der Waals surface area (Å²) in [7, 11) is 0. The van der Waals surface area contributed by atoms with Gasteiger partial charge in [-0.15, -0.1) is 0 Å². The van der Waals surface area contributed by atoms with Crippen molar-refractivity contribution in [1.29, 1.82) is 0 Å². The van der Waals surface area contributed by atoms with Gasteiger partial charge in [0.05, 0.1) is 11.9 Å². The molecular formula is C28H21F3N8. The maximum Gasteiger partial charge on any atom is 0.416 e. The van der Waals surface area contributed by atoms with Gasteiger partial charge in [-0.25, -0.2) is 9.97 Å². The third kappa shape index (κ3) is 5.14. The first-order valence-electron chi connectivity index (χ1n) is 12.0. The van der Waals surface area contributed by atoms with Crippen molar-refractivity contribution in [3.8, 4) is 11.4 Å². The molecule has 11 heteroatoms. The van der Waals surface area contributed by atoms with Gasteiger partial charge in [-0.3, -0.25) is 4.57 Å². The number of hydrogen-bond donors (Lipinski definition) is 2. The largest absolute Gasteiger partial charge is 0.416 e. The Hall–Kier alpha value is -5.19. The Morgan fingerprint density at radius 1 is 0.821 bits per heavy atom. The fourth-order valence-electron chi connectivity index (χ4n) is 4.16. The van der Waals surface area contributed by atoms with Gasteiger partial charge in [-0.1, -0.05) is 30.3 Å². The predicted molar refractivity (Wildman–Crippen MR) is 142 cm³/mol. The number of benzene rings is 3. The van der Waals surface area contributed by atoms with E-state index in [0.29, 0.717) is 28.5 Å². The summed E-state index contributed by atoms with van der Waals surface area (Å²) < 4.78 is 43.3. The standard InChI is InChI=1S/C28H21F3N8/c29-28(30,31)20-6-4-5-19(15-20)16-33-25-24-26(39(18-34-24)23-7-2-1-3-8-23)37-27(36-25)35-21-9-11-22(12-10-21)38-14-13-32-17-38/h1-15,17-18H,16H2,(H2,33,35,36,37). The molecule has 194 valence electrons. The topological polar surface area (TPSA) is 85.5 Å². The lowest BCUT2D eigenvalue weighted by atomic mass is 10.1. The summed E-state index contributed by atoms with van der Waals surface area (Å²) in [6.45, 7) is 0.118. The van der Waals surface area contributed by atoms with Crippen LogP contribution in [0.5, 0.6) is 0 Å². The first-order chi connectivity index (χ1) is 18.9. The van der Waals surface area contributed by atoms with Crippen molar-refractivity contribution in [2.24, 2.45) is 0 Å². The molecule has 0 saturated heterocycles. The number of anilines is 3. The number of nitrogens with zero attached hydrogens (tertiary/aromatic N) is 6. The quantitative estimate of drug-likeness (QED) is 0.251. The van der Waals surface area contributed by atoms with Crippen LogP contribution in [0.1, 0.15) is 11.1 Å². The maximum absolute atomic E-state index is 13.2. The summed E-state index contributed by atoms with van der Waals surface area (Å²) in [6, 6.07) is 22.5. The van der Waals surface area contributed by atoms with Crippen LogP contribution in [0.15, 0.2) is 104 Å². The van der Waals surface area contributed by atoms with E-state index >= 15 is 0 Å². The van der Waals surface area contributed by atoms with Crippen LogP contribution < -0.4 is 10.6 Å². The van der Waals surface area contributed by atoms with E-state index in [4.69, 9.17) is 4.98 Å². The molecule has 0 radical (unpaired) electrons. The zero-order chi connectivity index (χ0) is 26.8. The van der Waals surface area contributed by atoms with Crippen molar-refractivity contribution in [2.45, 2.75) is 12.7 Å². The number of aromatic nitrogens is 6. The van der Waals surface area contributed by atoms with Crippen LogP contribution in [-0.2, 0) is 12.7 Å². The molecule has 2 N–H and O–H groups in total. The van der Waals surface area contributed by atoms with E-state index in [0.717, 1.165) is 29.2 Å². The molecule has 0 bridgehead atoms. The van der Waals surface area contributed by atoms with Crippen LogP contribution in [0.2, 0.25) is 0 Å². The Kier molecular flexibility index (Phi) is 6.16. The van der Waals surface area contributed by atoms with Crippen LogP contribution in [0.25, 0.3) is 22.5 Å². The van der Waals surface area contributed by atoms with Crippen molar-refractivity contribution in [1.82, 2.24) is 29.1 Å². The minimum Gasteiger partial charge on any atom is -0.364 e. The SMILES string of the molecule is FC(F)(F)c1cccc(CNc2nc(Nc3ccc(-n4ccnc4)cc3)nc3c2ncn3-c2ccccc2)c1. The van der Waals surface area contributed by atoms with Crippen LogP contribution >= 0.6 is 0 Å². The second kappa shape index (κ2) is 9.93. The van der Waals surface area contributed by atoms with Gasteiger partial charge in [-0.2, -0.15) is 23.1 Å². The normalized spacial score (nSPS) is 11.6. The molecule has 0 saturated carbocycles. The van der Waals surface area contributed by atoms with Crippen LogP contribution in [-0.4, -0.2) is 29.1 Å². The highest BCUT2D eigenvalue weighted by Crippen LogP contribution is 2.30. The molecule has 0 amide bonds. The highest BCUT2D eigenvalue weighted by molar-refractivity contribution is 5.86. The lowest BCUT2D eigenvalue weighted by molar-refractivity contribution is -0.137. The number of para-hydroxylation sites is 1. The van der Waals surface area contributed by atoms with E-state index < -0.39 is 11.7 Å². The van der Waals surface area contributed by atoms with E-state index in [2.05, 4.69) is 25.6 Å². The second-order valence-electron chi connectivity index (χ2n) is 8.71. The fourth-order valence-corrected chi connectivity index (χ4v) is 4.16. The van der Waals surface area contributed by atoms with Gasteiger partial charge in [0.15, 0.2) is 17.0 Å². The third-order valence-electron chi connectivity index (χ3n) is 6.07. The van der Waals surface area contributed by atoms with Gasteiger partial charge in [0.2, 0.25) is 5.95 Å². The molecule has 0 spiro atoms. The van der Waals surface area contributed by atoms with Gasteiger partial charge in [0.1, 0.15) is 6.33 Å². The monoisotopic (exact) mass is 526 g/mol. The molecule has 0 aliphatic heterocycles. The molecule has 6 rings (SSSR count). The molecule has 3 aromatic heterocycles. The summed E-state index contributed by atoms with van der Waals surface area (Å²) in [5.74, 6) is 0.701. The molecule has 3 aromatic carbocycles. The van der Waals surface area contributed by atoms with Gasteiger partial charge in [0, 0.05) is 36.0 Å². The molecule has 0 aliphatic carbocycles. The Morgan fingerprint density at radius 3 is 2.38 bits per heavy atom. The number of rotatable bonds is 7. The summed E-state index contributed by atoms with van der Waals surface area (Å²) in [6.07, 6.45) is 2.50. The lowest BCUT2D eigenvalue weighted by Gasteiger charge is -2.12. The molecule has 39 heavy (non-hydrogen) atoms. The van der Waals surface area contributed by atoms with Crippen molar-refractivity contribution in [3.05, 3.63) is 115 Å². The summed E-state index contributed by atoms with van der Waals surface area (Å²) in [5, 5.41) is 6.38. The second-order valence-corrected chi connectivity index (χ2v) is 8.71. The molecule has 3 heterocycles. The highest BCUT2D eigenvalue weighted by atomic mass is 19.4. The van der Waals surface area contributed by atoms with E-state index in [1.54, 1.807) is 24.9 Å². The molecule has 0 aliphatic rings. The number of fused-ring (bicyclic) bond motifs is 1. The number of nitrogens with one attached hydrogen (secondary N) is 2. The maximum atomic E-state index is 13.2. The first kappa shape index (κ1) is 24.2. The highest BCUT2D eigenvalue weighted by Gasteiger charge is 2.30. The van der Waals surface area contributed by atoms with Crippen LogP contribution in [0.4, 0.5) is 30.6 Å². The van der Waals surface area contributed by atoms with E-state index in [-0.39, 0.29) is 6.54 Å². The van der Waals surface area contributed by atoms with Crippen molar-refractivity contribution in [2.75, 3.05) is 10.6 Å². The van der Waals surface area contributed by atoms with E-state index in [1.165, 1.54) is 6.07 Å². The first-order valence-corrected chi connectivity index (χ1v) is 12.0. The van der Waals surface area contributed by atoms with E-state index in [9.17, 15) is 13.2 Å². The minimum absolute atomic E-state index is 0.118. The van der Waals surface area contributed by atoms with E-state index in [1.807, 2.05) is 69.9 Å². The molecule has 0 unspecified atom stereocenters. The number of alkyl halides is 3. The van der Waals surface area contributed by atoms with Crippen molar-refractivity contribution in [3.63, 3.8) is 0 Å². The smallest absolute Gasteiger partial charge is 0.364 e. The van der Waals surface area contributed by atoms with Gasteiger partial charge in [-0.05, 0) is 54.1 Å². The van der Waals surface area contributed by atoms with Gasteiger partial charge in [0.25, 0.3) is 0 Å². The summed E-state index contributed by atoms with van der Waals surface area (Å²) >= 11 is 0. The number of halogens is 3. The molecule has 6 aromatic rings. The summed E-state index contributed by atoms with van der Waals surface area (Å²) in [4.78, 5) is 17.9. The average Bonchev–Trinajstić information content (AvgIpc) is 3.63. The Labute approximate surface area is 220 Å². The van der Waals surface area contributed by atoms with Crippen LogP contribution in [0, 0.1) is 0 Å². The zero-order valence-corrected chi connectivity index (χ0v) is 20.3. The molecule has 0 atom stereocenters. The average molecular weight is 527 g/mol. The zero-order valence-electron chi connectivity index (χ0n) is 20.3. The van der Waals surface area contributed by atoms with Gasteiger partial charge < -0.3 is 15.2 Å². The van der Waals surface area contributed by atoms with Crippen molar-refractivity contribution >= 4 is 28.6 Å². The van der Waals surface area contributed by atoms with Gasteiger partial charge >= 0.3 is 6.18 Å². The summed E-state index contributed by atoms with van der Waals surface area (Å²) in [5.41, 5.74) is 3.35. The molecule has 0 fully saturated rings. The predicted octanol–water partition coefficient (Wildman–Crippen LogP) is 6.38. The number of hydrogen-bond acceptors (Lipinski definition) is 6. The Morgan fingerprint density at radius 2 is 1.64 bits per heavy atom.